The molecule has 0 unspecified atom stereocenters. The van der Waals surface area contributed by atoms with Crippen molar-refractivity contribution in [1.82, 2.24) is 9.55 Å². The Bertz CT molecular complexity index is 642. The van der Waals surface area contributed by atoms with Gasteiger partial charge in [0.2, 0.25) is 0 Å². The molecule has 0 N–H and O–H groups in total. The number of aromatic nitrogens is 2. The first-order chi connectivity index (χ1) is 8.38. The Labute approximate surface area is 107 Å². The lowest BCUT2D eigenvalue weighted by Gasteiger charge is -2.23. The van der Waals surface area contributed by atoms with Gasteiger partial charge in [-0.1, -0.05) is 0 Å². The SMILES string of the molecule is COc1cc(C#N)cc2c1nc(C)n2C(C)(C)C. The summed E-state index contributed by atoms with van der Waals surface area (Å²) in [4.78, 5) is 4.55. The van der Waals surface area contributed by atoms with Crippen LogP contribution in [-0.4, -0.2) is 16.7 Å². The topological polar surface area (TPSA) is 50.8 Å². The maximum atomic E-state index is 9.08. The second-order valence-corrected chi connectivity index (χ2v) is 5.32. The Kier molecular flexibility index (Phi) is 2.78. The molecule has 2 aromatic rings. The molecule has 0 saturated carbocycles. The first kappa shape index (κ1) is 12.4. The van der Waals surface area contributed by atoms with Crippen LogP contribution in [0, 0.1) is 18.3 Å². The lowest BCUT2D eigenvalue weighted by Crippen LogP contribution is -2.22. The first-order valence-corrected chi connectivity index (χ1v) is 5.86. The van der Waals surface area contributed by atoms with E-state index in [4.69, 9.17) is 10.00 Å². The number of rotatable bonds is 1. The number of imidazole rings is 1. The third-order valence-electron chi connectivity index (χ3n) is 2.91. The van der Waals surface area contributed by atoms with Gasteiger partial charge in [0.05, 0.1) is 24.3 Å². The third kappa shape index (κ3) is 1.82. The fraction of sp³-hybridized carbons (Fsp3) is 0.429. The monoisotopic (exact) mass is 243 g/mol. The average molecular weight is 243 g/mol. The van der Waals surface area contributed by atoms with Crippen LogP contribution in [0.15, 0.2) is 12.1 Å². The van der Waals surface area contributed by atoms with Crippen molar-refractivity contribution in [1.29, 1.82) is 5.26 Å². The smallest absolute Gasteiger partial charge is 0.148 e. The van der Waals surface area contributed by atoms with Crippen LogP contribution in [-0.2, 0) is 5.54 Å². The van der Waals surface area contributed by atoms with Gasteiger partial charge in [-0.05, 0) is 33.8 Å². The summed E-state index contributed by atoms with van der Waals surface area (Å²) in [6, 6.07) is 5.75. The lowest BCUT2D eigenvalue weighted by molar-refractivity contribution is 0.399. The molecule has 94 valence electrons. The zero-order valence-corrected chi connectivity index (χ0v) is 11.4. The number of methoxy groups -OCH3 is 1. The second-order valence-electron chi connectivity index (χ2n) is 5.32. The largest absolute Gasteiger partial charge is 0.494 e. The summed E-state index contributed by atoms with van der Waals surface area (Å²) in [5, 5.41) is 9.08. The summed E-state index contributed by atoms with van der Waals surface area (Å²) in [6.45, 7) is 8.32. The zero-order valence-electron chi connectivity index (χ0n) is 11.4. The highest BCUT2D eigenvalue weighted by molar-refractivity contribution is 5.84. The quantitative estimate of drug-likeness (QED) is 0.773. The molecule has 0 spiro atoms. The molecule has 1 aromatic heterocycles. The summed E-state index contributed by atoms with van der Waals surface area (Å²) in [5.41, 5.74) is 2.25. The van der Waals surface area contributed by atoms with Crippen molar-refractivity contribution in [3.8, 4) is 11.8 Å². The number of aryl methyl sites for hydroxylation is 1. The number of fused-ring (bicyclic) bond motifs is 1. The van der Waals surface area contributed by atoms with Crippen LogP contribution in [0.1, 0.15) is 32.2 Å². The van der Waals surface area contributed by atoms with E-state index < -0.39 is 0 Å². The molecule has 0 atom stereocenters. The minimum absolute atomic E-state index is 0.0854. The van der Waals surface area contributed by atoms with Gasteiger partial charge in [-0.2, -0.15) is 5.26 Å². The molecule has 4 heteroatoms. The van der Waals surface area contributed by atoms with Crippen molar-refractivity contribution < 1.29 is 4.74 Å². The molecule has 0 amide bonds. The van der Waals surface area contributed by atoms with E-state index >= 15 is 0 Å². The van der Waals surface area contributed by atoms with Gasteiger partial charge in [-0.3, -0.25) is 0 Å². The maximum absolute atomic E-state index is 9.08. The van der Waals surface area contributed by atoms with Gasteiger partial charge in [0.1, 0.15) is 17.1 Å². The van der Waals surface area contributed by atoms with Crippen LogP contribution in [0.5, 0.6) is 5.75 Å². The van der Waals surface area contributed by atoms with E-state index in [9.17, 15) is 0 Å². The van der Waals surface area contributed by atoms with Crippen molar-refractivity contribution in [3.63, 3.8) is 0 Å². The number of hydrogen-bond donors (Lipinski definition) is 0. The zero-order chi connectivity index (χ0) is 13.5. The molecule has 1 aromatic carbocycles. The molecule has 18 heavy (non-hydrogen) atoms. The summed E-state index contributed by atoms with van der Waals surface area (Å²) in [5.74, 6) is 1.57. The van der Waals surface area contributed by atoms with E-state index in [2.05, 4.69) is 36.4 Å². The molecule has 0 aliphatic rings. The van der Waals surface area contributed by atoms with Crippen LogP contribution < -0.4 is 4.74 Å². The first-order valence-electron chi connectivity index (χ1n) is 5.86. The highest BCUT2D eigenvalue weighted by Crippen LogP contribution is 2.31. The van der Waals surface area contributed by atoms with Gasteiger partial charge in [-0.15, -0.1) is 0 Å². The molecule has 2 rings (SSSR count). The minimum Gasteiger partial charge on any atom is -0.494 e. The Hall–Kier alpha value is -2.02. The molecule has 0 aliphatic carbocycles. The Morgan fingerprint density at radius 3 is 2.50 bits per heavy atom. The highest BCUT2D eigenvalue weighted by Gasteiger charge is 2.21. The van der Waals surface area contributed by atoms with Crippen LogP contribution in [0.4, 0.5) is 0 Å². The van der Waals surface area contributed by atoms with Gasteiger partial charge in [0.25, 0.3) is 0 Å². The summed E-state index contributed by atoms with van der Waals surface area (Å²) in [6.07, 6.45) is 0. The fourth-order valence-corrected chi connectivity index (χ4v) is 2.33. The van der Waals surface area contributed by atoms with Gasteiger partial charge >= 0.3 is 0 Å². The molecule has 1 heterocycles. The fourth-order valence-electron chi connectivity index (χ4n) is 2.33. The normalized spacial score (nSPS) is 11.6. The van der Waals surface area contributed by atoms with E-state index in [1.165, 1.54) is 0 Å². The molecule has 4 nitrogen and oxygen atoms in total. The van der Waals surface area contributed by atoms with Crippen LogP contribution in [0.25, 0.3) is 11.0 Å². The average Bonchev–Trinajstić information content (AvgIpc) is 2.62. The number of hydrogen-bond acceptors (Lipinski definition) is 3. The van der Waals surface area contributed by atoms with Crippen molar-refractivity contribution in [2.45, 2.75) is 33.2 Å². The van der Waals surface area contributed by atoms with E-state index in [0.717, 1.165) is 16.9 Å². The van der Waals surface area contributed by atoms with Crippen LogP contribution >= 0.6 is 0 Å². The molecular formula is C14H17N3O. The summed E-state index contributed by atoms with van der Waals surface area (Å²) in [7, 11) is 1.60. The summed E-state index contributed by atoms with van der Waals surface area (Å²) < 4.78 is 7.45. The Balaban J connectivity index is 2.90. The maximum Gasteiger partial charge on any atom is 0.148 e. The Morgan fingerprint density at radius 2 is 2.00 bits per heavy atom. The van der Waals surface area contributed by atoms with Crippen molar-refractivity contribution in [2.75, 3.05) is 7.11 Å². The number of nitriles is 1. The van der Waals surface area contributed by atoms with E-state index in [-0.39, 0.29) is 5.54 Å². The number of nitrogens with zero attached hydrogens (tertiary/aromatic N) is 3. The molecule has 0 aliphatic heterocycles. The van der Waals surface area contributed by atoms with Gasteiger partial charge in [-0.25, -0.2) is 4.98 Å². The van der Waals surface area contributed by atoms with E-state index in [1.54, 1.807) is 13.2 Å². The second kappa shape index (κ2) is 4.02. The van der Waals surface area contributed by atoms with E-state index in [1.807, 2.05) is 13.0 Å². The van der Waals surface area contributed by atoms with Gasteiger partial charge < -0.3 is 9.30 Å². The predicted molar refractivity (Wildman–Crippen MR) is 70.7 cm³/mol. The number of benzene rings is 1. The molecular weight excluding hydrogens is 226 g/mol. The predicted octanol–water partition coefficient (Wildman–Crippen LogP) is 2.98. The molecule has 0 radical (unpaired) electrons. The highest BCUT2D eigenvalue weighted by atomic mass is 16.5. The molecule has 0 fully saturated rings. The van der Waals surface area contributed by atoms with Crippen LogP contribution in [0.3, 0.4) is 0 Å². The standard InChI is InChI=1S/C14H17N3O/c1-9-16-13-11(17(9)14(2,3)4)6-10(8-15)7-12(13)18-5/h6-7H,1-5H3. The van der Waals surface area contributed by atoms with Gasteiger partial charge in [0.15, 0.2) is 0 Å². The van der Waals surface area contributed by atoms with Crippen molar-refractivity contribution in [3.05, 3.63) is 23.5 Å². The minimum atomic E-state index is -0.0854. The summed E-state index contributed by atoms with van der Waals surface area (Å²) >= 11 is 0. The van der Waals surface area contributed by atoms with Crippen molar-refractivity contribution in [2.24, 2.45) is 0 Å². The number of ether oxygens (including phenoxy) is 1. The lowest BCUT2D eigenvalue weighted by atomic mass is 10.1. The van der Waals surface area contributed by atoms with Crippen LogP contribution in [0.2, 0.25) is 0 Å². The van der Waals surface area contributed by atoms with E-state index in [0.29, 0.717) is 11.3 Å². The van der Waals surface area contributed by atoms with Gasteiger partial charge in [0, 0.05) is 11.6 Å². The molecule has 0 saturated heterocycles. The molecule has 0 bridgehead atoms. The van der Waals surface area contributed by atoms with Crippen molar-refractivity contribution >= 4 is 11.0 Å². The third-order valence-corrected chi connectivity index (χ3v) is 2.91. The Morgan fingerprint density at radius 1 is 1.33 bits per heavy atom.